The van der Waals surface area contributed by atoms with Crippen LogP contribution in [0.15, 0.2) is 0 Å². The fraction of sp³-hybridized carbons (Fsp3) is 0. The van der Waals surface area contributed by atoms with E-state index in [-0.39, 0.29) is 62.8 Å². The molecule has 0 amide bonds. The molecule has 0 radical (unpaired) electrons. The van der Waals surface area contributed by atoms with Crippen LogP contribution in [0.5, 0.6) is 0 Å². The molecule has 0 saturated carbocycles. The largest absolute Gasteiger partial charge is 2.00 e. The van der Waals surface area contributed by atoms with E-state index in [1.165, 1.54) is 0 Å². The van der Waals surface area contributed by atoms with Gasteiger partial charge in [0, 0.05) is 0 Å². The Morgan fingerprint density at radius 1 is 0.364 bits per heavy atom. The van der Waals surface area contributed by atoms with Crippen LogP contribution in [0.4, 0.5) is 0 Å². The topological polar surface area (TPSA) is 286 Å². The summed E-state index contributed by atoms with van der Waals surface area (Å²) in [6.07, 6.45) is 0. The summed E-state index contributed by atoms with van der Waals surface area (Å²) in [4.78, 5) is 0. The SMILES string of the molecule is [Al+3].[O]=[Nb](=[O])[O-].[O]=[Nb](=[O])[O-].[O]=[Nb](=[O])[O-].[O]=[Nb](=[O])[O-].[O]=[Nb](=[O])[O-].[Sr+2]. The molecule has 0 aromatic carbocycles. The van der Waals surface area contributed by atoms with E-state index in [4.69, 9.17) is 50.6 Å². The van der Waals surface area contributed by atoms with Gasteiger partial charge in [-0.15, -0.1) is 0 Å². The first-order chi connectivity index (χ1) is 8.66. The van der Waals surface area contributed by atoms with Crippen molar-refractivity contribution in [3.05, 3.63) is 0 Å². The van der Waals surface area contributed by atoms with Gasteiger partial charge in [0.2, 0.25) is 0 Å². The molecule has 15 nitrogen and oxygen atoms in total. The third-order valence-corrected chi connectivity index (χ3v) is 0. The Kier molecular flexibility index (Phi) is 80.4. The van der Waals surface area contributed by atoms with E-state index in [0.717, 1.165) is 0 Å². The maximum atomic E-state index is 8.60. The van der Waals surface area contributed by atoms with Gasteiger partial charge in [-0.05, 0) is 0 Å². The molecule has 0 aliphatic heterocycles. The van der Waals surface area contributed by atoms with E-state index >= 15 is 0 Å². The number of rotatable bonds is 0. The summed E-state index contributed by atoms with van der Waals surface area (Å²) in [5, 5.41) is 0. The Labute approximate surface area is 202 Å². The molecule has 0 saturated heterocycles. The van der Waals surface area contributed by atoms with Gasteiger partial charge in [-0.25, -0.2) is 0 Å². The quantitative estimate of drug-likeness (QED) is 0.205. The molecule has 0 aromatic rings. The smallest absolute Gasteiger partial charge is 2.00 e. The minimum atomic E-state index is -4.20. The minimum Gasteiger partial charge on any atom is 2.00 e. The van der Waals surface area contributed by atoms with Gasteiger partial charge in [0.15, 0.2) is 0 Å². The molecule has 0 bridgehead atoms. The molecule has 0 N–H and O–H groups in total. The van der Waals surface area contributed by atoms with Crippen LogP contribution in [0.1, 0.15) is 0 Å². The van der Waals surface area contributed by atoms with Gasteiger partial charge in [0.05, 0.1) is 0 Å². The minimum absolute atomic E-state index is 0. The van der Waals surface area contributed by atoms with Gasteiger partial charge in [-0.1, -0.05) is 0 Å². The van der Waals surface area contributed by atoms with Crippen molar-refractivity contribution in [3.63, 3.8) is 0 Å². The molecule has 0 aliphatic carbocycles. The van der Waals surface area contributed by atoms with Gasteiger partial charge in [0.1, 0.15) is 0 Å². The summed E-state index contributed by atoms with van der Waals surface area (Å²) in [5.74, 6) is 0. The van der Waals surface area contributed by atoms with Crippen LogP contribution in [0.2, 0.25) is 0 Å². The fourth-order valence-electron chi connectivity index (χ4n) is 0. The average molecular weight is 819 g/mol. The van der Waals surface area contributed by atoms with E-state index < -0.39 is 93.9 Å². The molecule has 0 rings (SSSR count). The predicted octanol–water partition coefficient (Wildman–Crippen LogP) is -7.91. The Morgan fingerprint density at radius 2 is 0.364 bits per heavy atom. The molecular weight excluding hydrogens is 819 g/mol. The van der Waals surface area contributed by atoms with E-state index in [2.05, 4.69) is 0 Å². The van der Waals surface area contributed by atoms with E-state index in [9.17, 15) is 0 Å². The number of hydrogen-bond acceptors (Lipinski definition) is 15. The summed E-state index contributed by atoms with van der Waals surface area (Å²) in [5.41, 5.74) is 0. The van der Waals surface area contributed by atoms with E-state index in [1.54, 1.807) is 0 Å². The third kappa shape index (κ3) is 965. The Morgan fingerprint density at radius 3 is 0.364 bits per heavy atom. The van der Waals surface area contributed by atoms with Gasteiger partial charge >= 0.3 is 207 Å². The summed E-state index contributed by atoms with van der Waals surface area (Å²) < 4.78 is 129. The van der Waals surface area contributed by atoms with E-state index in [1.807, 2.05) is 0 Å². The summed E-state index contributed by atoms with van der Waals surface area (Å²) in [6.45, 7) is 0. The van der Waals surface area contributed by atoms with Gasteiger partial charge in [-0.3, -0.25) is 0 Å². The maximum absolute atomic E-state index is 8.60. The first kappa shape index (κ1) is 44.7. The second kappa shape index (κ2) is 39.5. The van der Waals surface area contributed by atoms with Crippen LogP contribution in [-0.2, 0) is 126 Å². The molecule has 0 atom stereocenters. The molecule has 0 aromatic heterocycles. The van der Waals surface area contributed by atoms with Crippen molar-refractivity contribution in [1.29, 1.82) is 0 Å². The summed E-state index contributed by atoms with van der Waals surface area (Å²) in [6, 6.07) is 0. The molecule has 0 unspecified atom stereocenters. The Hall–Kier alpha value is 3.51. The second-order valence-electron chi connectivity index (χ2n) is 1.12. The van der Waals surface area contributed by atoms with Crippen molar-refractivity contribution in [2.75, 3.05) is 0 Å². The van der Waals surface area contributed by atoms with Crippen LogP contribution in [0.25, 0.3) is 0 Å². The van der Waals surface area contributed by atoms with Crippen LogP contribution in [-0.4, -0.2) is 62.8 Å². The predicted molar refractivity (Wildman–Crippen MR) is 18.4 cm³/mol. The van der Waals surface area contributed by atoms with Gasteiger partial charge in [-0.2, -0.15) is 0 Å². The van der Waals surface area contributed by atoms with Crippen LogP contribution in [0, 0.1) is 0 Å². The Bertz CT molecular complexity index is 386. The molecule has 120 valence electrons. The zero-order valence-corrected chi connectivity index (χ0v) is 25.3. The summed E-state index contributed by atoms with van der Waals surface area (Å²) >= 11 is -21.0. The van der Waals surface area contributed by atoms with Crippen LogP contribution < -0.4 is 18.1 Å². The zero-order chi connectivity index (χ0) is 17.9. The zero-order valence-electron chi connectivity index (χ0n) is 9.64. The molecule has 22 heavy (non-hydrogen) atoms. The third-order valence-electron chi connectivity index (χ3n) is 0. The normalized spacial score (nSPS) is 5.68. The second-order valence-corrected chi connectivity index (χ2v) is 6.61. The molecule has 0 fully saturated rings. The number of hydrogen-bond donors (Lipinski definition) is 0. The first-order valence-electron chi connectivity index (χ1n) is 2.74. The maximum Gasteiger partial charge on any atom is 2.00 e. The fourth-order valence-corrected chi connectivity index (χ4v) is 0. The van der Waals surface area contributed by atoms with Crippen molar-refractivity contribution in [3.8, 4) is 0 Å². The molecule has 0 heterocycles. The van der Waals surface area contributed by atoms with Crippen molar-refractivity contribution in [1.82, 2.24) is 0 Å². The summed E-state index contributed by atoms with van der Waals surface area (Å²) in [7, 11) is 0. The Balaban J connectivity index is -0.0000000250. The van der Waals surface area contributed by atoms with Gasteiger partial charge < -0.3 is 0 Å². The average Bonchev–Trinajstić information content (AvgIpc) is 1.94. The van der Waals surface area contributed by atoms with Crippen molar-refractivity contribution >= 4 is 62.8 Å². The molecule has 0 spiro atoms. The monoisotopic (exact) mass is 819 g/mol. The molecular formula is AlNb5O15Sr. The van der Waals surface area contributed by atoms with Crippen molar-refractivity contribution < 1.29 is 145 Å². The van der Waals surface area contributed by atoms with Crippen molar-refractivity contribution in [2.45, 2.75) is 0 Å². The molecule has 0 aliphatic rings. The standard InChI is InChI=1S/Al.5Nb.15O.Sr/q+3;;;;;;;;;;;;;;;;5*-1;+2. The van der Waals surface area contributed by atoms with E-state index in [0.29, 0.717) is 0 Å². The molecule has 22 heteroatoms. The van der Waals surface area contributed by atoms with Crippen molar-refractivity contribution in [2.24, 2.45) is 0 Å². The van der Waals surface area contributed by atoms with Crippen LogP contribution in [0.3, 0.4) is 0 Å². The van der Waals surface area contributed by atoms with Gasteiger partial charge in [0.25, 0.3) is 0 Å². The first-order valence-corrected chi connectivity index (χ1v) is 16.2. The van der Waals surface area contributed by atoms with Crippen LogP contribution >= 0.6 is 0 Å².